The van der Waals surface area contributed by atoms with Gasteiger partial charge in [-0.15, -0.1) is 6.58 Å². The molecule has 19 heavy (non-hydrogen) atoms. The molecule has 1 aromatic heterocycles. The lowest BCUT2D eigenvalue weighted by Gasteiger charge is -2.06. The van der Waals surface area contributed by atoms with Crippen LogP contribution in [0.2, 0.25) is 0 Å². The van der Waals surface area contributed by atoms with Gasteiger partial charge in [0.1, 0.15) is 0 Å². The first-order valence-corrected chi connectivity index (χ1v) is 7.55. The highest BCUT2D eigenvalue weighted by atomic mass is 15.3. The third-order valence-electron chi connectivity index (χ3n) is 3.54. The summed E-state index contributed by atoms with van der Waals surface area (Å²) in [6, 6.07) is 0. The first kappa shape index (κ1) is 16.0. The largest absolute Gasteiger partial charge is 0.313 e. The van der Waals surface area contributed by atoms with Crippen molar-refractivity contribution in [2.45, 2.75) is 66.0 Å². The molecule has 0 atom stereocenters. The Morgan fingerprint density at radius 1 is 1.26 bits per heavy atom. The van der Waals surface area contributed by atoms with Gasteiger partial charge in [0.25, 0.3) is 0 Å². The van der Waals surface area contributed by atoms with E-state index >= 15 is 0 Å². The van der Waals surface area contributed by atoms with Gasteiger partial charge in [-0.1, -0.05) is 19.4 Å². The predicted molar refractivity (Wildman–Crippen MR) is 82.4 cm³/mol. The molecule has 0 radical (unpaired) electrons. The summed E-state index contributed by atoms with van der Waals surface area (Å²) in [6.07, 6.45) is 8.01. The maximum Gasteiger partial charge on any atom is 0.0641 e. The van der Waals surface area contributed by atoms with Crippen molar-refractivity contribution in [1.29, 1.82) is 0 Å². The van der Waals surface area contributed by atoms with Crippen molar-refractivity contribution in [3.8, 4) is 0 Å². The second-order valence-corrected chi connectivity index (χ2v) is 5.19. The normalized spacial score (nSPS) is 10.9. The van der Waals surface area contributed by atoms with Gasteiger partial charge in [0, 0.05) is 24.3 Å². The van der Waals surface area contributed by atoms with Crippen LogP contribution in [0.1, 0.15) is 56.0 Å². The van der Waals surface area contributed by atoms with Crippen LogP contribution in [0.3, 0.4) is 0 Å². The molecule has 0 saturated carbocycles. The van der Waals surface area contributed by atoms with Crippen LogP contribution in [0.25, 0.3) is 0 Å². The Morgan fingerprint density at radius 2 is 2.05 bits per heavy atom. The minimum absolute atomic E-state index is 0.946. The lowest BCUT2D eigenvalue weighted by atomic mass is 10.2. The van der Waals surface area contributed by atoms with Crippen molar-refractivity contribution in [3.05, 3.63) is 29.6 Å². The Balaban J connectivity index is 2.46. The standard InChI is InChI=1S/C16H29N3/c1-5-7-8-9-10-12-19-15(4)16(14(3)18-19)13-17-11-6-2/h5,17H,1,6-13H2,2-4H3. The highest BCUT2D eigenvalue weighted by Gasteiger charge is 2.10. The van der Waals surface area contributed by atoms with E-state index in [1.54, 1.807) is 0 Å². The van der Waals surface area contributed by atoms with E-state index in [-0.39, 0.29) is 0 Å². The molecular weight excluding hydrogens is 234 g/mol. The molecule has 3 heteroatoms. The van der Waals surface area contributed by atoms with Gasteiger partial charge in [-0.05, 0) is 46.1 Å². The SMILES string of the molecule is C=CCCCCCn1nc(C)c(CNCCC)c1C. The second-order valence-electron chi connectivity index (χ2n) is 5.19. The summed E-state index contributed by atoms with van der Waals surface area (Å²) < 4.78 is 2.17. The number of hydrogen-bond donors (Lipinski definition) is 1. The fourth-order valence-corrected chi connectivity index (χ4v) is 2.32. The molecule has 0 fully saturated rings. The third-order valence-corrected chi connectivity index (χ3v) is 3.54. The number of aryl methyl sites for hydroxylation is 2. The van der Waals surface area contributed by atoms with Gasteiger partial charge in [-0.25, -0.2) is 0 Å². The summed E-state index contributed by atoms with van der Waals surface area (Å²) in [5.74, 6) is 0. The van der Waals surface area contributed by atoms with Crippen LogP contribution in [0.5, 0.6) is 0 Å². The smallest absolute Gasteiger partial charge is 0.0641 e. The molecule has 0 aliphatic heterocycles. The van der Waals surface area contributed by atoms with E-state index in [0.29, 0.717) is 0 Å². The second kappa shape index (κ2) is 8.92. The van der Waals surface area contributed by atoms with E-state index in [4.69, 9.17) is 0 Å². The molecule has 0 unspecified atom stereocenters. The van der Waals surface area contributed by atoms with Crippen LogP contribution in [0.4, 0.5) is 0 Å². The van der Waals surface area contributed by atoms with Crippen molar-refractivity contribution < 1.29 is 0 Å². The van der Waals surface area contributed by atoms with Crippen LogP contribution in [-0.2, 0) is 13.1 Å². The van der Waals surface area contributed by atoms with Gasteiger partial charge in [-0.3, -0.25) is 4.68 Å². The molecule has 0 aliphatic carbocycles. The highest BCUT2D eigenvalue weighted by Crippen LogP contribution is 2.14. The molecule has 1 aromatic rings. The quantitative estimate of drug-likeness (QED) is 0.515. The number of hydrogen-bond acceptors (Lipinski definition) is 2. The molecule has 1 rings (SSSR count). The fourth-order valence-electron chi connectivity index (χ4n) is 2.32. The zero-order valence-electron chi connectivity index (χ0n) is 12.8. The van der Waals surface area contributed by atoms with Gasteiger partial charge in [0.05, 0.1) is 5.69 Å². The summed E-state index contributed by atoms with van der Waals surface area (Å²) in [4.78, 5) is 0. The van der Waals surface area contributed by atoms with E-state index in [0.717, 1.165) is 26.1 Å². The molecule has 3 nitrogen and oxygen atoms in total. The monoisotopic (exact) mass is 263 g/mol. The lowest BCUT2D eigenvalue weighted by Crippen LogP contribution is -2.15. The fraction of sp³-hybridized carbons (Fsp3) is 0.688. The summed E-state index contributed by atoms with van der Waals surface area (Å²) in [5, 5.41) is 8.13. The maximum atomic E-state index is 4.66. The molecule has 1 heterocycles. The molecule has 108 valence electrons. The average molecular weight is 263 g/mol. The lowest BCUT2D eigenvalue weighted by molar-refractivity contribution is 0.532. The highest BCUT2D eigenvalue weighted by molar-refractivity contribution is 5.24. The zero-order chi connectivity index (χ0) is 14.1. The molecule has 0 saturated heterocycles. The molecule has 1 N–H and O–H groups in total. The molecule has 0 spiro atoms. The van der Waals surface area contributed by atoms with Crippen molar-refractivity contribution in [2.75, 3.05) is 6.54 Å². The van der Waals surface area contributed by atoms with Gasteiger partial charge in [0.15, 0.2) is 0 Å². The van der Waals surface area contributed by atoms with Crippen molar-refractivity contribution in [3.63, 3.8) is 0 Å². The van der Waals surface area contributed by atoms with Crippen LogP contribution in [0, 0.1) is 13.8 Å². The van der Waals surface area contributed by atoms with Crippen LogP contribution in [0.15, 0.2) is 12.7 Å². The topological polar surface area (TPSA) is 29.9 Å². The first-order valence-electron chi connectivity index (χ1n) is 7.55. The molecule has 0 amide bonds. The predicted octanol–water partition coefficient (Wildman–Crippen LogP) is 3.75. The first-order chi connectivity index (χ1) is 9.20. The van der Waals surface area contributed by atoms with E-state index < -0.39 is 0 Å². The Bertz CT molecular complexity index is 380. The van der Waals surface area contributed by atoms with Crippen molar-refractivity contribution in [1.82, 2.24) is 15.1 Å². The van der Waals surface area contributed by atoms with Crippen LogP contribution >= 0.6 is 0 Å². The Labute approximate surface area is 118 Å². The Kier molecular flexibility index (Phi) is 7.49. The molecule has 0 bridgehead atoms. The van der Waals surface area contributed by atoms with Gasteiger partial charge in [0.2, 0.25) is 0 Å². The number of allylic oxidation sites excluding steroid dienone is 1. The Morgan fingerprint density at radius 3 is 2.74 bits per heavy atom. The number of aromatic nitrogens is 2. The number of rotatable bonds is 10. The van der Waals surface area contributed by atoms with E-state index in [1.807, 2.05) is 6.08 Å². The summed E-state index contributed by atoms with van der Waals surface area (Å²) >= 11 is 0. The van der Waals surface area contributed by atoms with Crippen LogP contribution < -0.4 is 5.32 Å². The summed E-state index contributed by atoms with van der Waals surface area (Å²) in [6.45, 7) is 13.3. The number of nitrogens with one attached hydrogen (secondary N) is 1. The van der Waals surface area contributed by atoms with Gasteiger partial charge in [-0.2, -0.15) is 5.10 Å². The molecule has 0 aliphatic rings. The number of unbranched alkanes of at least 4 members (excludes halogenated alkanes) is 3. The van der Waals surface area contributed by atoms with E-state index in [9.17, 15) is 0 Å². The zero-order valence-corrected chi connectivity index (χ0v) is 12.8. The van der Waals surface area contributed by atoms with Crippen LogP contribution in [-0.4, -0.2) is 16.3 Å². The van der Waals surface area contributed by atoms with Gasteiger partial charge >= 0.3 is 0 Å². The number of nitrogens with zero attached hydrogens (tertiary/aromatic N) is 2. The van der Waals surface area contributed by atoms with E-state index in [2.05, 4.69) is 42.4 Å². The maximum absolute atomic E-state index is 4.66. The third kappa shape index (κ3) is 5.19. The summed E-state index contributed by atoms with van der Waals surface area (Å²) in [7, 11) is 0. The van der Waals surface area contributed by atoms with E-state index in [1.165, 1.54) is 42.6 Å². The minimum Gasteiger partial charge on any atom is -0.313 e. The van der Waals surface area contributed by atoms with Crippen molar-refractivity contribution >= 4 is 0 Å². The molecular formula is C16H29N3. The van der Waals surface area contributed by atoms with Gasteiger partial charge < -0.3 is 5.32 Å². The average Bonchev–Trinajstić information content (AvgIpc) is 2.66. The summed E-state index contributed by atoms with van der Waals surface area (Å²) in [5.41, 5.74) is 3.87. The Hall–Kier alpha value is -1.09. The molecule has 0 aromatic carbocycles. The minimum atomic E-state index is 0.946. The van der Waals surface area contributed by atoms with Crippen molar-refractivity contribution in [2.24, 2.45) is 0 Å².